The number of hydrogen-bond donors (Lipinski definition) is 0. The third kappa shape index (κ3) is 1.25. The van der Waals surface area contributed by atoms with Crippen LogP contribution in [-0.2, 0) is 6.42 Å². The molecule has 3 aliphatic rings. The van der Waals surface area contributed by atoms with E-state index in [1.54, 1.807) is 17.7 Å². The van der Waals surface area contributed by atoms with Crippen LogP contribution in [0.1, 0.15) is 30.5 Å². The van der Waals surface area contributed by atoms with Gasteiger partial charge >= 0.3 is 0 Å². The van der Waals surface area contributed by atoms with Crippen LogP contribution in [0.4, 0.5) is 4.39 Å². The van der Waals surface area contributed by atoms with Crippen molar-refractivity contribution in [3.63, 3.8) is 0 Å². The Balaban J connectivity index is 1.64. The van der Waals surface area contributed by atoms with E-state index in [-0.39, 0.29) is 5.82 Å². The van der Waals surface area contributed by atoms with Crippen LogP contribution >= 0.6 is 0 Å². The molecule has 1 heterocycles. The van der Waals surface area contributed by atoms with Crippen molar-refractivity contribution in [3.8, 4) is 5.69 Å². The average Bonchev–Trinajstić information content (AvgIpc) is 2.83. The number of halogens is 1. The van der Waals surface area contributed by atoms with Crippen LogP contribution < -0.4 is 0 Å². The molecule has 2 saturated carbocycles. The first kappa shape index (κ1) is 10.8. The topological polar surface area (TPSA) is 17.8 Å². The molecule has 2 atom stereocenters. The van der Waals surface area contributed by atoms with Crippen molar-refractivity contribution in [1.29, 1.82) is 0 Å². The molecule has 1 aromatic heterocycles. The molecule has 0 amide bonds. The van der Waals surface area contributed by atoms with E-state index < -0.39 is 0 Å². The van der Waals surface area contributed by atoms with Gasteiger partial charge in [0.25, 0.3) is 0 Å². The smallest absolute Gasteiger partial charge is 0.123 e. The second-order valence-electron chi connectivity index (χ2n) is 6.39. The van der Waals surface area contributed by atoms with E-state index >= 15 is 0 Å². The third-order valence-electron chi connectivity index (χ3n) is 5.41. The lowest BCUT2D eigenvalue weighted by atomic mass is 9.84. The number of rotatable bonds is 1. The van der Waals surface area contributed by atoms with Crippen molar-refractivity contribution in [2.24, 2.45) is 11.3 Å². The summed E-state index contributed by atoms with van der Waals surface area (Å²) in [7, 11) is 0. The molecule has 1 spiro atoms. The molecule has 0 radical (unpaired) electrons. The maximum absolute atomic E-state index is 13.1. The van der Waals surface area contributed by atoms with Crippen LogP contribution in [0.25, 0.3) is 11.8 Å². The largest absolute Gasteiger partial charge is 0.233 e. The Morgan fingerprint density at radius 3 is 2.90 bits per heavy atom. The van der Waals surface area contributed by atoms with Crippen LogP contribution in [0.5, 0.6) is 0 Å². The van der Waals surface area contributed by atoms with Crippen LogP contribution in [0, 0.1) is 17.2 Å². The van der Waals surface area contributed by atoms with E-state index in [1.165, 1.54) is 42.7 Å². The maximum Gasteiger partial charge on any atom is 0.123 e. The van der Waals surface area contributed by atoms with Gasteiger partial charge in [-0.05, 0) is 72.9 Å². The molecule has 3 aliphatic carbocycles. The van der Waals surface area contributed by atoms with Gasteiger partial charge in [-0.1, -0.05) is 5.57 Å². The average molecular weight is 266 g/mol. The Labute approximate surface area is 116 Å². The van der Waals surface area contributed by atoms with Gasteiger partial charge in [-0.15, -0.1) is 0 Å². The summed E-state index contributed by atoms with van der Waals surface area (Å²) < 4.78 is 15.0. The van der Waals surface area contributed by atoms with Crippen molar-refractivity contribution in [1.82, 2.24) is 9.78 Å². The first-order valence-corrected chi connectivity index (χ1v) is 7.30. The lowest BCUT2D eigenvalue weighted by Gasteiger charge is -2.21. The van der Waals surface area contributed by atoms with Gasteiger partial charge in [0, 0.05) is 0 Å². The van der Waals surface area contributed by atoms with Gasteiger partial charge in [0.2, 0.25) is 0 Å². The van der Waals surface area contributed by atoms with Crippen LogP contribution in [0.15, 0.2) is 36.0 Å². The fourth-order valence-corrected chi connectivity index (χ4v) is 4.25. The lowest BCUT2D eigenvalue weighted by molar-refractivity contribution is 0.580. The lowest BCUT2D eigenvalue weighted by Crippen LogP contribution is -2.13. The molecular weight excluding hydrogens is 251 g/mol. The van der Waals surface area contributed by atoms with Gasteiger partial charge in [0.15, 0.2) is 0 Å². The number of allylic oxidation sites excluding steroid dienone is 1. The molecule has 100 valence electrons. The van der Waals surface area contributed by atoms with Crippen LogP contribution in [-0.4, -0.2) is 9.78 Å². The minimum absolute atomic E-state index is 0.205. The number of benzene rings is 1. The molecule has 1 unspecified atom stereocenters. The van der Waals surface area contributed by atoms with E-state index in [1.807, 2.05) is 10.9 Å². The molecule has 20 heavy (non-hydrogen) atoms. The second-order valence-corrected chi connectivity index (χ2v) is 6.39. The predicted octanol–water partition coefficient (Wildman–Crippen LogP) is 3.75. The Bertz CT molecular complexity index is 741. The van der Waals surface area contributed by atoms with Gasteiger partial charge < -0.3 is 0 Å². The molecule has 3 heteroatoms. The Hall–Kier alpha value is -1.90. The van der Waals surface area contributed by atoms with Crippen LogP contribution in [0.3, 0.4) is 0 Å². The van der Waals surface area contributed by atoms with Gasteiger partial charge in [-0.25, -0.2) is 9.07 Å². The van der Waals surface area contributed by atoms with Crippen molar-refractivity contribution in [3.05, 3.63) is 53.1 Å². The standard InChI is InChI=1S/C17H15FN2/c18-14-3-5-15(6-4-14)20-16-7-12-1-2-13-9-17(12,13)8-11(16)10-19-20/h3-7,10,13H,1-2,8-9H2/t13-,17?/m1/s1. The third-order valence-corrected chi connectivity index (χ3v) is 5.41. The first-order valence-electron chi connectivity index (χ1n) is 7.30. The molecule has 0 aliphatic heterocycles. The summed E-state index contributed by atoms with van der Waals surface area (Å²) in [5, 5.41) is 4.52. The minimum Gasteiger partial charge on any atom is -0.233 e. The van der Waals surface area contributed by atoms with Crippen LogP contribution in [0.2, 0.25) is 0 Å². The second kappa shape index (κ2) is 3.40. The maximum atomic E-state index is 13.1. The van der Waals surface area contributed by atoms with Crippen molar-refractivity contribution < 1.29 is 4.39 Å². The van der Waals surface area contributed by atoms with Gasteiger partial charge in [-0.2, -0.15) is 5.10 Å². The van der Waals surface area contributed by atoms with Gasteiger partial charge in [0.05, 0.1) is 17.6 Å². The van der Waals surface area contributed by atoms with Crippen molar-refractivity contribution in [2.45, 2.75) is 25.7 Å². The van der Waals surface area contributed by atoms with E-state index in [0.717, 1.165) is 18.0 Å². The SMILES string of the molecule is Fc1ccc(-n2ncc3c2C=C2CC[C@@H]4CC24C3)cc1. The Morgan fingerprint density at radius 2 is 2.10 bits per heavy atom. The zero-order valence-corrected chi connectivity index (χ0v) is 11.1. The summed E-state index contributed by atoms with van der Waals surface area (Å²) in [6.45, 7) is 0. The molecule has 2 fully saturated rings. The number of hydrogen-bond acceptors (Lipinski definition) is 1. The molecule has 1 aromatic carbocycles. The zero-order chi connectivity index (χ0) is 13.3. The van der Waals surface area contributed by atoms with Crippen molar-refractivity contribution in [2.75, 3.05) is 0 Å². The predicted molar refractivity (Wildman–Crippen MR) is 75.0 cm³/mol. The monoisotopic (exact) mass is 266 g/mol. The van der Waals surface area contributed by atoms with E-state index in [4.69, 9.17) is 0 Å². The van der Waals surface area contributed by atoms with E-state index in [0.29, 0.717) is 5.41 Å². The molecule has 2 aromatic rings. The Kier molecular flexibility index (Phi) is 1.84. The Morgan fingerprint density at radius 1 is 1.25 bits per heavy atom. The molecular formula is C17H15FN2. The summed E-state index contributed by atoms with van der Waals surface area (Å²) in [4.78, 5) is 0. The highest BCUT2D eigenvalue weighted by molar-refractivity contribution is 5.63. The summed E-state index contributed by atoms with van der Waals surface area (Å²) in [5.74, 6) is 0.722. The number of nitrogens with zero attached hydrogens (tertiary/aromatic N) is 2. The molecule has 2 nitrogen and oxygen atoms in total. The minimum atomic E-state index is -0.205. The summed E-state index contributed by atoms with van der Waals surface area (Å²) >= 11 is 0. The number of fused-ring (bicyclic) bond motifs is 1. The summed E-state index contributed by atoms with van der Waals surface area (Å²) in [6.07, 6.45) is 9.48. The number of aromatic nitrogens is 2. The molecule has 0 N–H and O–H groups in total. The molecule has 0 bridgehead atoms. The summed E-state index contributed by atoms with van der Waals surface area (Å²) in [5.41, 5.74) is 5.61. The summed E-state index contributed by atoms with van der Waals surface area (Å²) in [6, 6.07) is 6.57. The van der Waals surface area contributed by atoms with E-state index in [2.05, 4.69) is 11.2 Å². The fourth-order valence-electron chi connectivity index (χ4n) is 4.25. The fraction of sp³-hybridized carbons (Fsp3) is 0.353. The quantitative estimate of drug-likeness (QED) is 0.768. The zero-order valence-electron chi connectivity index (χ0n) is 11.1. The normalized spacial score (nSPS) is 29.4. The molecule has 0 saturated heterocycles. The highest BCUT2D eigenvalue weighted by Crippen LogP contribution is 2.69. The van der Waals surface area contributed by atoms with E-state index in [9.17, 15) is 4.39 Å². The van der Waals surface area contributed by atoms with Crippen molar-refractivity contribution >= 4 is 6.08 Å². The highest BCUT2D eigenvalue weighted by Gasteiger charge is 2.60. The molecule has 5 rings (SSSR count). The van der Waals surface area contributed by atoms with Gasteiger partial charge in [-0.3, -0.25) is 0 Å². The first-order chi connectivity index (χ1) is 9.76. The van der Waals surface area contributed by atoms with Gasteiger partial charge in [0.1, 0.15) is 5.82 Å². The highest BCUT2D eigenvalue weighted by atomic mass is 19.1.